The van der Waals surface area contributed by atoms with Gasteiger partial charge in [-0.05, 0) is 110 Å². The average molecular weight is 407 g/mol. The Labute approximate surface area is 184 Å². The fourth-order valence-corrected chi connectivity index (χ4v) is 8.86. The Kier molecular flexibility index (Phi) is 5.41. The fraction of sp³-hybridized carbons (Fsp3) is 0.724. The van der Waals surface area contributed by atoms with Crippen LogP contribution in [0.1, 0.15) is 84.1 Å². The third-order valence-corrected chi connectivity index (χ3v) is 10.6. The highest BCUT2D eigenvalue weighted by Crippen LogP contribution is 2.67. The largest absolute Gasteiger partial charge is 0.393 e. The van der Waals surface area contributed by atoms with E-state index in [1.807, 2.05) is 0 Å². The molecule has 0 amide bonds. The van der Waals surface area contributed by atoms with Crippen LogP contribution >= 0.6 is 0 Å². The van der Waals surface area contributed by atoms with E-state index in [9.17, 15) is 5.11 Å². The van der Waals surface area contributed by atoms with Crippen LogP contribution < -0.4 is 0 Å². The molecule has 0 saturated heterocycles. The molecule has 0 aliphatic heterocycles. The Bertz CT molecular complexity index is 781. The zero-order valence-corrected chi connectivity index (χ0v) is 19.4. The van der Waals surface area contributed by atoms with E-state index in [0.29, 0.717) is 10.8 Å². The molecule has 1 aromatic carbocycles. The lowest BCUT2D eigenvalue weighted by Crippen LogP contribution is -2.50. The van der Waals surface area contributed by atoms with Gasteiger partial charge in [0.15, 0.2) is 0 Å². The number of rotatable bonds is 4. The monoisotopic (exact) mass is 406 g/mol. The first kappa shape index (κ1) is 20.8. The lowest BCUT2D eigenvalue weighted by molar-refractivity contribution is -0.0571. The first-order chi connectivity index (χ1) is 14.4. The highest BCUT2D eigenvalue weighted by Gasteiger charge is 2.59. The number of fused-ring (bicyclic) bond motifs is 5. The van der Waals surface area contributed by atoms with Gasteiger partial charge in [-0.3, -0.25) is 0 Å². The third-order valence-electron chi connectivity index (χ3n) is 10.6. The summed E-state index contributed by atoms with van der Waals surface area (Å²) in [4.78, 5) is 0. The molecule has 1 nitrogen and oxygen atoms in total. The second kappa shape index (κ2) is 7.80. The number of aliphatic hydroxyl groups is 1. The van der Waals surface area contributed by atoms with Crippen molar-refractivity contribution < 1.29 is 5.11 Å². The Morgan fingerprint density at radius 1 is 1.00 bits per heavy atom. The van der Waals surface area contributed by atoms with Crippen molar-refractivity contribution in [2.45, 2.75) is 91.1 Å². The average Bonchev–Trinajstić information content (AvgIpc) is 3.10. The first-order valence-electron chi connectivity index (χ1n) is 12.8. The minimum atomic E-state index is -0.0870. The van der Waals surface area contributed by atoms with Gasteiger partial charge in [-0.2, -0.15) is 0 Å². The zero-order chi connectivity index (χ0) is 20.9. The lowest BCUT2D eigenvalue weighted by atomic mass is 9.47. The van der Waals surface area contributed by atoms with E-state index in [4.69, 9.17) is 0 Å². The van der Waals surface area contributed by atoms with Crippen LogP contribution in [0.4, 0.5) is 0 Å². The van der Waals surface area contributed by atoms with Crippen molar-refractivity contribution in [2.75, 3.05) is 0 Å². The highest BCUT2D eigenvalue weighted by molar-refractivity contribution is 5.25. The van der Waals surface area contributed by atoms with E-state index in [1.54, 1.807) is 5.57 Å². The van der Waals surface area contributed by atoms with Gasteiger partial charge in [0.25, 0.3) is 0 Å². The van der Waals surface area contributed by atoms with Crippen LogP contribution in [0.25, 0.3) is 0 Å². The van der Waals surface area contributed by atoms with Crippen molar-refractivity contribution in [3.63, 3.8) is 0 Å². The Morgan fingerprint density at radius 2 is 1.80 bits per heavy atom. The van der Waals surface area contributed by atoms with Crippen LogP contribution in [0.3, 0.4) is 0 Å². The summed E-state index contributed by atoms with van der Waals surface area (Å²) in [6.07, 6.45) is 15.3. The quantitative estimate of drug-likeness (QED) is 0.524. The van der Waals surface area contributed by atoms with Gasteiger partial charge in [0.2, 0.25) is 0 Å². The standard InChI is InChI=1S/C29H42O/c1-20(9-10-21-7-5-4-6-8-21)25-13-14-26-24-12-11-22-19-23(30)15-17-28(22,2)27(24)16-18-29(25,26)3/h4-8,11,20,23-27,30H,9-10,12-19H2,1-3H3/t20-,23?,24?,25?,26?,27?,28?,29?/m1/s1. The summed E-state index contributed by atoms with van der Waals surface area (Å²) in [6, 6.07) is 11.1. The molecule has 3 fully saturated rings. The van der Waals surface area contributed by atoms with Crippen molar-refractivity contribution in [3.05, 3.63) is 47.5 Å². The summed E-state index contributed by atoms with van der Waals surface area (Å²) >= 11 is 0. The highest BCUT2D eigenvalue weighted by atomic mass is 16.3. The Morgan fingerprint density at radius 3 is 2.60 bits per heavy atom. The molecule has 0 bridgehead atoms. The predicted molar refractivity (Wildman–Crippen MR) is 125 cm³/mol. The summed E-state index contributed by atoms with van der Waals surface area (Å²) in [7, 11) is 0. The summed E-state index contributed by atoms with van der Waals surface area (Å²) in [5, 5.41) is 10.2. The molecule has 30 heavy (non-hydrogen) atoms. The molecule has 0 heterocycles. The van der Waals surface area contributed by atoms with Crippen LogP contribution in [-0.4, -0.2) is 11.2 Å². The molecular weight excluding hydrogens is 364 g/mol. The molecule has 1 N–H and O–H groups in total. The van der Waals surface area contributed by atoms with Crippen molar-refractivity contribution in [2.24, 2.45) is 40.4 Å². The molecular formula is C29H42O. The fourth-order valence-electron chi connectivity index (χ4n) is 8.86. The molecule has 5 rings (SSSR count). The minimum Gasteiger partial charge on any atom is -0.393 e. The molecule has 0 spiro atoms. The van der Waals surface area contributed by atoms with Crippen molar-refractivity contribution >= 4 is 0 Å². The van der Waals surface area contributed by atoms with Crippen LogP contribution in [-0.2, 0) is 6.42 Å². The molecule has 7 unspecified atom stereocenters. The van der Waals surface area contributed by atoms with Gasteiger partial charge in [0.1, 0.15) is 0 Å². The van der Waals surface area contributed by atoms with Crippen LogP contribution in [0.15, 0.2) is 42.0 Å². The molecule has 0 aromatic heterocycles. The van der Waals surface area contributed by atoms with Gasteiger partial charge in [0.05, 0.1) is 6.10 Å². The molecule has 4 aliphatic rings. The number of benzene rings is 1. The van der Waals surface area contributed by atoms with Gasteiger partial charge in [0, 0.05) is 0 Å². The van der Waals surface area contributed by atoms with Gasteiger partial charge in [-0.1, -0.05) is 62.8 Å². The lowest BCUT2D eigenvalue weighted by Gasteiger charge is -2.58. The van der Waals surface area contributed by atoms with E-state index in [2.05, 4.69) is 57.2 Å². The van der Waals surface area contributed by atoms with E-state index in [0.717, 1.165) is 42.4 Å². The molecule has 164 valence electrons. The van der Waals surface area contributed by atoms with Crippen LogP contribution in [0.2, 0.25) is 0 Å². The summed E-state index contributed by atoms with van der Waals surface area (Å²) in [5.74, 6) is 4.40. The van der Waals surface area contributed by atoms with Gasteiger partial charge < -0.3 is 5.11 Å². The summed E-state index contributed by atoms with van der Waals surface area (Å²) in [5.41, 5.74) is 4.04. The second-order valence-electron chi connectivity index (χ2n) is 11.9. The van der Waals surface area contributed by atoms with E-state index < -0.39 is 0 Å². The van der Waals surface area contributed by atoms with E-state index >= 15 is 0 Å². The van der Waals surface area contributed by atoms with Crippen molar-refractivity contribution in [3.8, 4) is 0 Å². The smallest absolute Gasteiger partial charge is 0.0577 e. The number of aryl methyl sites for hydroxylation is 1. The molecule has 8 atom stereocenters. The van der Waals surface area contributed by atoms with E-state index in [-0.39, 0.29) is 6.10 Å². The van der Waals surface area contributed by atoms with Crippen LogP contribution in [0.5, 0.6) is 0 Å². The molecule has 1 heteroatoms. The SMILES string of the molecule is C[C@H](CCc1ccccc1)C1CCC2C3CC=C4CC(O)CCC4(C)C3CCC21C. The Balaban J connectivity index is 1.31. The maximum Gasteiger partial charge on any atom is 0.0577 e. The predicted octanol–water partition coefficient (Wildman–Crippen LogP) is 7.20. The van der Waals surface area contributed by atoms with Gasteiger partial charge in [-0.25, -0.2) is 0 Å². The molecule has 4 aliphatic carbocycles. The van der Waals surface area contributed by atoms with Gasteiger partial charge >= 0.3 is 0 Å². The number of hydrogen-bond donors (Lipinski definition) is 1. The molecule has 1 aromatic rings. The third kappa shape index (κ3) is 3.31. The Hall–Kier alpha value is -1.08. The van der Waals surface area contributed by atoms with Crippen molar-refractivity contribution in [1.82, 2.24) is 0 Å². The summed E-state index contributed by atoms with van der Waals surface area (Å²) in [6.45, 7) is 7.78. The topological polar surface area (TPSA) is 20.2 Å². The molecule has 3 saturated carbocycles. The normalized spacial score (nSPS) is 43.9. The maximum absolute atomic E-state index is 10.2. The van der Waals surface area contributed by atoms with E-state index in [1.165, 1.54) is 56.9 Å². The zero-order valence-electron chi connectivity index (χ0n) is 19.4. The summed E-state index contributed by atoms with van der Waals surface area (Å²) < 4.78 is 0. The minimum absolute atomic E-state index is 0.0870. The maximum atomic E-state index is 10.2. The van der Waals surface area contributed by atoms with Crippen LogP contribution in [0, 0.1) is 40.4 Å². The number of hydrogen-bond acceptors (Lipinski definition) is 1. The number of aliphatic hydroxyl groups excluding tert-OH is 1. The van der Waals surface area contributed by atoms with Gasteiger partial charge in [-0.15, -0.1) is 0 Å². The first-order valence-corrected chi connectivity index (χ1v) is 12.8. The second-order valence-corrected chi connectivity index (χ2v) is 11.9. The molecule has 0 radical (unpaired) electrons. The number of allylic oxidation sites excluding steroid dienone is 1. The van der Waals surface area contributed by atoms with Crippen molar-refractivity contribution in [1.29, 1.82) is 0 Å².